The molecule has 0 unspecified atom stereocenters. The molecule has 2 aromatic carbocycles. The Balaban J connectivity index is 1.36. The molecule has 0 aromatic heterocycles. The van der Waals surface area contributed by atoms with Crippen molar-refractivity contribution in [3.05, 3.63) is 58.6 Å². The molecule has 2 aliphatic rings. The molecule has 0 saturated carbocycles. The fraction of sp³-hybridized carbons (Fsp3) is 0.500. The molecule has 190 valence electrons. The van der Waals surface area contributed by atoms with E-state index in [0.717, 1.165) is 31.9 Å². The molecular formula is C26H35ClN4O3S. The van der Waals surface area contributed by atoms with Crippen molar-refractivity contribution in [2.45, 2.75) is 44.2 Å². The molecule has 2 aromatic rings. The van der Waals surface area contributed by atoms with E-state index in [1.165, 1.54) is 27.6 Å². The highest BCUT2D eigenvalue weighted by Crippen LogP contribution is 2.28. The number of rotatable bonds is 6. The number of benzene rings is 2. The molecular weight excluding hydrogens is 484 g/mol. The zero-order valence-electron chi connectivity index (χ0n) is 20.7. The van der Waals surface area contributed by atoms with E-state index in [0.29, 0.717) is 37.0 Å². The summed E-state index contributed by atoms with van der Waals surface area (Å²) in [5, 5.41) is 3.97. The summed E-state index contributed by atoms with van der Waals surface area (Å²) in [5.41, 5.74) is 3.34. The molecule has 2 aliphatic heterocycles. The summed E-state index contributed by atoms with van der Waals surface area (Å²) in [5.74, 6) is -0.157. The minimum atomic E-state index is -3.58. The van der Waals surface area contributed by atoms with Crippen LogP contribution in [0.5, 0.6) is 0 Å². The topological polar surface area (TPSA) is 73.0 Å². The predicted molar refractivity (Wildman–Crippen MR) is 140 cm³/mol. The van der Waals surface area contributed by atoms with E-state index < -0.39 is 10.0 Å². The Morgan fingerprint density at radius 3 is 2.43 bits per heavy atom. The van der Waals surface area contributed by atoms with Gasteiger partial charge in [-0.3, -0.25) is 9.69 Å². The molecule has 0 bridgehead atoms. The Morgan fingerprint density at radius 2 is 1.80 bits per heavy atom. The van der Waals surface area contributed by atoms with Gasteiger partial charge in [0.2, 0.25) is 15.9 Å². The highest BCUT2D eigenvalue weighted by Gasteiger charge is 2.33. The van der Waals surface area contributed by atoms with E-state index in [-0.39, 0.29) is 16.7 Å². The van der Waals surface area contributed by atoms with Gasteiger partial charge in [-0.1, -0.05) is 17.7 Å². The quantitative estimate of drug-likeness (QED) is 0.633. The van der Waals surface area contributed by atoms with Crippen LogP contribution in [0.2, 0.25) is 5.02 Å². The summed E-state index contributed by atoms with van der Waals surface area (Å²) >= 11 is 5.89. The average molecular weight is 519 g/mol. The van der Waals surface area contributed by atoms with E-state index in [9.17, 15) is 13.2 Å². The standard InChI is InChI=1S/C26H35ClN4O3S/c1-19-16-24(7-4-22(19)18-30-15-12-28-20(2)17-30)29(3)26(32)21-10-13-31(14-11-21)35(33,34)25-8-5-23(27)6-9-25/h4-9,16,20-21,28H,10-15,17-18H2,1-3H3/t20-/m0/s1. The van der Waals surface area contributed by atoms with Crippen LogP contribution in [0.4, 0.5) is 5.69 Å². The van der Waals surface area contributed by atoms with E-state index >= 15 is 0 Å². The van der Waals surface area contributed by atoms with E-state index in [1.807, 2.05) is 13.1 Å². The molecule has 4 rings (SSSR count). The molecule has 35 heavy (non-hydrogen) atoms. The van der Waals surface area contributed by atoms with E-state index in [4.69, 9.17) is 11.6 Å². The third-order valence-electron chi connectivity index (χ3n) is 7.15. The number of hydrogen-bond acceptors (Lipinski definition) is 5. The first-order chi connectivity index (χ1) is 16.6. The number of amides is 1. The van der Waals surface area contributed by atoms with Gasteiger partial charge in [0.15, 0.2) is 0 Å². The van der Waals surface area contributed by atoms with E-state index in [1.54, 1.807) is 17.0 Å². The van der Waals surface area contributed by atoms with Gasteiger partial charge in [-0.05, 0) is 74.2 Å². The van der Waals surface area contributed by atoms with Gasteiger partial charge in [-0.15, -0.1) is 0 Å². The van der Waals surface area contributed by atoms with Crippen molar-refractivity contribution in [1.29, 1.82) is 0 Å². The van der Waals surface area contributed by atoms with Crippen LogP contribution in [0.25, 0.3) is 0 Å². The van der Waals surface area contributed by atoms with Gasteiger partial charge in [-0.25, -0.2) is 8.42 Å². The van der Waals surface area contributed by atoms with Crippen molar-refractivity contribution in [3.8, 4) is 0 Å². The molecule has 1 amide bonds. The van der Waals surface area contributed by atoms with Gasteiger partial charge in [0.05, 0.1) is 4.90 Å². The van der Waals surface area contributed by atoms with Gasteiger partial charge in [0.25, 0.3) is 0 Å². The number of piperidine rings is 1. The SMILES string of the molecule is Cc1cc(N(C)C(=O)C2CCN(S(=O)(=O)c3ccc(Cl)cc3)CC2)ccc1CN1CCN[C@@H](C)C1. The molecule has 0 spiro atoms. The van der Waals surface area contributed by atoms with Gasteiger partial charge in [0.1, 0.15) is 0 Å². The lowest BCUT2D eigenvalue weighted by Gasteiger charge is -2.33. The summed E-state index contributed by atoms with van der Waals surface area (Å²) in [7, 11) is -1.77. The summed E-state index contributed by atoms with van der Waals surface area (Å²) in [6, 6.07) is 12.9. The number of nitrogens with zero attached hydrogens (tertiary/aromatic N) is 3. The molecule has 0 radical (unpaired) electrons. The highest BCUT2D eigenvalue weighted by atomic mass is 35.5. The Kier molecular flexibility index (Phi) is 8.18. The average Bonchev–Trinajstić information content (AvgIpc) is 2.85. The number of aryl methyl sites for hydroxylation is 1. The minimum Gasteiger partial charge on any atom is -0.315 e. The fourth-order valence-corrected chi connectivity index (χ4v) is 6.56. The molecule has 7 nitrogen and oxygen atoms in total. The number of piperazine rings is 1. The van der Waals surface area contributed by atoms with Crippen LogP contribution >= 0.6 is 11.6 Å². The maximum atomic E-state index is 13.2. The number of nitrogens with one attached hydrogen (secondary N) is 1. The Morgan fingerprint density at radius 1 is 1.11 bits per heavy atom. The Labute approximate surface area is 214 Å². The second-order valence-corrected chi connectivity index (χ2v) is 12.1. The lowest BCUT2D eigenvalue weighted by Crippen LogP contribution is -2.48. The Bertz CT molecular complexity index is 1150. The maximum absolute atomic E-state index is 13.2. The van der Waals surface area contributed by atoms with E-state index in [2.05, 4.69) is 36.2 Å². The summed E-state index contributed by atoms with van der Waals surface area (Å²) in [6.45, 7) is 8.96. The molecule has 2 heterocycles. The van der Waals surface area contributed by atoms with Crippen LogP contribution in [-0.2, 0) is 21.4 Å². The lowest BCUT2D eigenvalue weighted by atomic mass is 9.96. The van der Waals surface area contributed by atoms with Crippen molar-refractivity contribution in [1.82, 2.24) is 14.5 Å². The zero-order valence-corrected chi connectivity index (χ0v) is 22.3. The molecule has 1 atom stereocenters. The van der Waals surface area contributed by atoms with Crippen molar-refractivity contribution < 1.29 is 13.2 Å². The van der Waals surface area contributed by atoms with Gasteiger partial charge < -0.3 is 10.2 Å². The highest BCUT2D eigenvalue weighted by molar-refractivity contribution is 7.89. The van der Waals surface area contributed by atoms with Crippen LogP contribution in [0.15, 0.2) is 47.4 Å². The first kappa shape index (κ1) is 26.1. The van der Waals surface area contributed by atoms with Gasteiger partial charge in [-0.2, -0.15) is 4.31 Å². The number of sulfonamides is 1. The van der Waals surface area contributed by atoms with Crippen molar-refractivity contribution in [2.24, 2.45) is 5.92 Å². The predicted octanol–water partition coefficient (Wildman–Crippen LogP) is 3.51. The summed E-state index contributed by atoms with van der Waals surface area (Å²) in [4.78, 5) is 17.7. The molecule has 0 aliphatic carbocycles. The molecule has 1 N–H and O–H groups in total. The fourth-order valence-electron chi connectivity index (χ4n) is 4.96. The molecule has 9 heteroatoms. The first-order valence-corrected chi connectivity index (χ1v) is 14.1. The van der Waals surface area contributed by atoms with Crippen LogP contribution in [0, 0.1) is 12.8 Å². The largest absolute Gasteiger partial charge is 0.315 e. The van der Waals surface area contributed by atoms with Crippen molar-refractivity contribution in [2.75, 3.05) is 44.7 Å². The number of carbonyl (C=O) groups excluding carboxylic acids is 1. The summed E-state index contributed by atoms with van der Waals surface area (Å²) in [6.07, 6.45) is 1.02. The Hall–Kier alpha value is -1.97. The van der Waals surface area contributed by atoms with Crippen LogP contribution in [0.3, 0.4) is 0 Å². The summed E-state index contributed by atoms with van der Waals surface area (Å²) < 4.78 is 27.4. The lowest BCUT2D eigenvalue weighted by molar-refractivity contribution is -0.123. The first-order valence-electron chi connectivity index (χ1n) is 12.2. The normalized spacial score (nSPS) is 20.6. The maximum Gasteiger partial charge on any atom is 0.243 e. The third-order valence-corrected chi connectivity index (χ3v) is 9.31. The minimum absolute atomic E-state index is 0.0385. The van der Waals surface area contributed by atoms with Crippen molar-refractivity contribution >= 4 is 33.2 Å². The monoisotopic (exact) mass is 518 g/mol. The number of halogens is 1. The van der Waals surface area contributed by atoms with Crippen LogP contribution in [0.1, 0.15) is 30.9 Å². The number of anilines is 1. The second-order valence-electron chi connectivity index (χ2n) is 9.73. The number of carbonyl (C=O) groups is 1. The van der Waals surface area contributed by atoms with Gasteiger partial charge in [0, 0.05) is 69.0 Å². The third kappa shape index (κ3) is 6.06. The van der Waals surface area contributed by atoms with Gasteiger partial charge >= 0.3 is 0 Å². The second kappa shape index (κ2) is 11.0. The number of hydrogen-bond donors (Lipinski definition) is 1. The molecule has 2 fully saturated rings. The molecule has 2 saturated heterocycles. The van der Waals surface area contributed by atoms with Crippen molar-refractivity contribution in [3.63, 3.8) is 0 Å². The van der Waals surface area contributed by atoms with Crippen LogP contribution in [-0.4, -0.2) is 69.3 Å². The smallest absolute Gasteiger partial charge is 0.243 e. The zero-order chi connectivity index (χ0) is 25.2. The van der Waals surface area contributed by atoms with Crippen LogP contribution < -0.4 is 10.2 Å².